The van der Waals surface area contributed by atoms with Crippen LogP contribution in [0.4, 0.5) is 5.82 Å². The molecule has 2 aromatic heterocycles. The summed E-state index contributed by atoms with van der Waals surface area (Å²) in [5.41, 5.74) is 11.6. The van der Waals surface area contributed by atoms with Crippen LogP contribution in [0, 0.1) is 0 Å². The Morgan fingerprint density at radius 3 is 2.84 bits per heavy atom. The Bertz CT molecular complexity index is 1200. The van der Waals surface area contributed by atoms with Crippen LogP contribution in [0.5, 0.6) is 0 Å². The largest absolute Gasteiger partial charge is 0.383 e. The molecule has 0 radical (unpaired) electrons. The highest BCUT2D eigenvalue weighted by atomic mass is 16.2. The lowest BCUT2D eigenvalue weighted by Gasteiger charge is -2.32. The first-order chi connectivity index (χ1) is 15.5. The van der Waals surface area contributed by atoms with E-state index in [9.17, 15) is 4.79 Å². The van der Waals surface area contributed by atoms with Crippen molar-refractivity contribution in [1.29, 1.82) is 0 Å². The summed E-state index contributed by atoms with van der Waals surface area (Å²) >= 11 is 0. The second-order valence-electron chi connectivity index (χ2n) is 9.02. The number of fused-ring (bicyclic) bond motifs is 2. The van der Waals surface area contributed by atoms with E-state index < -0.39 is 0 Å². The van der Waals surface area contributed by atoms with Crippen molar-refractivity contribution in [2.24, 2.45) is 0 Å². The molecule has 3 aromatic rings. The van der Waals surface area contributed by atoms with Gasteiger partial charge in [-0.15, -0.1) is 0 Å². The predicted molar refractivity (Wildman–Crippen MR) is 125 cm³/mol. The molecule has 2 aliphatic rings. The molecule has 2 aliphatic heterocycles. The number of piperidine rings is 1. The van der Waals surface area contributed by atoms with Gasteiger partial charge in [0.25, 0.3) is 0 Å². The molecule has 32 heavy (non-hydrogen) atoms. The number of benzene rings is 1. The molecule has 0 bridgehead atoms. The minimum atomic E-state index is -0.0474. The maximum atomic E-state index is 12.2. The van der Waals surface area contributed by atoms with Gasteiger partial charge in [0, 0.05) is 37.8 Å². The number of carbonyl (C=O) groups is 1. The number of amides is 1. The summed E-state index contributed by atoms with van der Waals surface area (Å²) in [5.74, 6) is 0.379. The Morgan fingerprint density at radius 2 is 2.06 bits per heavy atom. The maximum Gasteiger partial charge on any atom is 0.246 e. The van der Waals surface area contributed by atoms with Crippen molar-refractivity contribution in [2.45, 2.75) is 51.9 Å². The minimum absolute atomic E-state index is 0.0315. The maximum absolute atomic E-state index is 12.2. The van der Waals surface area contributed by atoms with E-state index in [2.05, 4.69) is 53.5 Å². The SMILES string of the molecule is C=CC(=O)N1CCC[C@@H](n2nc(-c3ccc4c(c3)CN(C(C)C)C4)c3c(N)ncnc32)C1. The van der Waals surface area contributed by atoms with Crippen LogP contribution in [-0.4, -0.2) is 54.6 Å². The summed E-state index contributed by atoms with van der Waals surface area (Å²) < 4.78 is 1.94. The molecule has 2 N–H and O–H groups in total. The first-order valence-electron chi connectivity index (χ1n) is 11.2. The van der Waals surface area contributed by atoms with Crippen LogP contribution in [0.2, 0.25) is 0 Å². The van der Waals surface area contributed by atoms with Gasteiger partial charge in [0.15, 0.2) is 5.65 Å². The van der Waals surface area contributed by atoms with Crippen LogP contribution in [0.1, 0.15) is 43.9 Å². The van der Waals surface area contributed by atoms with Crippen LogP contribution >= 0.6 is 0 Å². The first kappa shape index (κ1) is 20.6. The third kappa shape index (κ3) is 3.44. The molecule has 0 saturated carbocycles. The lowest BCUT2D eigenvalue weighted by Crippen LogP contribution is -2.40. The standard InChI is InChI=1S/C24H29N7O/c1-4-20(32)29-9-5-6-19(13-29)31-24-21(23(25)26-14-27-24)22(28-31)16-7-8-17-11-30(15(2)3)12-18(17)10-16/h4,7-8,10,14-15,19H,1,5-6,9,11-13H2,2-3H3,(H2,25,26,27)/t19-/m1/s1. The average Bonchev–Trinajstić information content (AvgIpc) is 3.41. The number of rotatable bonds is 4. The summed E-state index contributed by atoms with van der Waals surface area (Å²) in [6.45, 7) is 11.3. The number of nitrogens with two attached hydrogens (primary N) is 1. The molecule has 1 fully saturated rings. The van der Waals surface area contributed by atoms with Crippen LogP contribution < -0.4 is 5.73 Å². The van der Waals surface area contributed by atoms with Gasteiger partial charge in [-0.3, -0.25) is 9.69 Å². The zero-order chi connectivity index (χ0) is 22.4. The van der Waals surface area contributed by atoms with Gasteiger partial charge < -0.3 is 10.6 Å². The van der Waals surface area contributed by atoms with Gasteiger partial charge in [-0.1, -0.05) is 18.7 Å². The predicted octanol–water partition coefficient (Wildman–Crippen LogP) is 3.15. The smallest absolute Gasteiger partial charge is 0.246 e. The summed E-state index contributed by atoms with van der Waals surface area (Å²) in [5, 5.41) is 5.78. The summed E-state index contributed by atoms with van der Waals surface area (Å²) in [7, 11) is 0. The third-order valence-corrected chi connectivity index (χ3v) is 6.70. The molecule has 166 valence electrons. The Hall–Kier alpha value is -3.26. The first-order valence-corrected chi connectivity index (χ1v) is 11.2. The number of nitrogen functional groups attached to an aromatic ring is 1. The van der Waals surface area contributed by atoms with Gasteiger partial charge in [0.1, 0.15) is 17.8 Å². The van der Waals surface area contributed by atoms with Gasteiger partial charge in [-0.05, 0) is 50.0 Å². The zero-order valence-corrected chi connectivity index (χ0v) is 18.7. The van der Waals surface area contributed by atoms with Crippen molar-refractivity contribution in [3.05, 3.63) is 48.3 Å². The summed E-state index contributed by atoms with van der Waals surface area (Å²) in [4.78, 5) is 25.3. The lowest BCUT2D eigenvalue weighted by molar-refractivity contribution is -0.127. The number of anilines is 1. The van der Waals surface area contributed by atoms with Gasteiger partial charge in [-0.25, -0.2) is 14.6 Å². The molecule has 5 rings (SSSR count). The zero-order valence-electron chi connectivity index (χ0n) is 18.7. The molecule has 4 heterocycles. The highest BCUT2D eigenvalue weighted by Crippen LogP contribution is 2.36. The van der Waals surface area contributed by atoms with E-state index in [1.807, 2.05) is 9.58 Å². The van der Waals surface area contributed by atoms with E-state index in [4.69, 9.17) is 10.8 Å². The molecule has 0 spiro atoms. The molecular formula is C24H29N7O. The van der Waals surface area contributed by atoms with Gasteiger partial charge >= 0.3 is 0 Å². The van der Waals surface area contributed by atoms with Crippen molar-refractivity contribution in [2.75, 3.05) is 18.8 Å². The van der Waals surface area contributed by atoms with Crippen molar-refractivity contribution in [1.82, 2.24) is 29.5 Å². The molecule has 8 heteroatoms. The van der Waals surface area contributed by atoms with Crippen LogP contribution in [0.15, 0.2) is 37.2 Å². The fourth-order valence-electron chi connectivity index (χ4n) is 4.87. The quantitative estimate of drug-likeness (QED) is 0.638. The Kier molecular flexibility index (Phi) is 5.17. The normalized spacial score (nSPS) is 19.0. The highest BCUT2D eigenvalue weighted by molar-refractivity contribution is 5.98. The van der Waals surface area contributed by atoms with E-state index in [1.165, 1.54) is 23.5 Å². The van der Waals surface area contributed by atoms with E-state index in [1.54, 1.807) is 0 Å². The van der Waals surface area contributed by atoms with E-state index in [0.29, 0.717) is 18.4 Å². The van der Waals surface area contributed by atoms with Crippen molar-refractivity contribution in [3.63, 3.8) is 0 Å². The number of nitrogens with zero attached hydrogens (tertiary/aromatic N) is 6. The van der Waals surface area contributed by atoms with Gasteiger partial charge in [-0.2, -0.15) is 5.10 Å². The van der Waals surface area contributed by atoms with Gasteiger partial charge in [0.05, 0.1) is 11.4 Å². The van der Waals surface area contributed by atoms with Gasteiger partial charge in [0.2, 0.25) is 5.91 Å². The fraction of sp³-hybridized carbons (Fsp3) is 0.417. The Labute approximate surface area is 187 Å². The van der Waals surface area contributed by atoms with E-state index in [-0.39, 0.29) is 11.9 Å². The third-order valence-electron chi connectivity index (χ3n) is 6.70. The second-order valence-corrected chi connectivity index (χ2v) is 9.02. The monoisotopic (exact) mass is 431 g/mol. The average molecular weight is 432 g/mol. The Morgan fingerprint density at radius 1 is 1.25 bits per heavy atom. The summed E-state index contributed by atoms with van der Waals surface area (Å²) in [6.07, 6.45) is 4.69. The van der Waals surface area contributed by atoms with Crippen molar-refractivity contribution in [3.8, 4) is 11.3 Å². The molecule has 1 atom stereocenters. The highest BCUT2D eigenvalue weighted by Gasteiger charge is 2.28. The molecular weight excluding hydrogens is 402 g/mol. The molecule has 1 amide bonds. The Balaban J connectivity index is 1.57. The number of hydrogen-bond acceptors (Lipinski definition) is 6. The van der Waals surface area contributed by atoms with E-state index in [0.717, 1.165) is 54.8 Å². The molecule has 1 aromatic carbocycles. The van der Waals surface area contributed by atoms with Crippen molar-refractivity contribution < 1.29 is 4.79 Å². The summed E-state index contributed by atoms with van der Waals surface area (Å²) in [6, 6.07) is 7.08. The number of hydrogen-bond donors (Lipinski definition) is 1. The molecule has 0 unspecified atom stereocenters. The van der Waals surface area contributed by atoms with Crippen molar-refractivity contribution >= 4 is 22.8 Å². The molecule has 1 saturated heterocycles. The minimum Gasteiger partial charge on any atom is -0.383 e. The van der Waals surface area contributed by atoms with E-state index >= 15 is 0 Å². The number of likely N-dealkylation sites (tertiary alicyclic amines) is 1. The molecule has 0 aliphatic carbocycles. The van der Waals surface area contributed by atoms with Crippen LogP contribution in [0.25, 0.3) is 22.3 Å². The molecule has 8 nitrogen and oxygen atoms in total. The van der Waals surface area contributed by atoms with Crippen LogP contribution in [0.3, 0.4) is 0 Å². The number of carbonyl (C=O) groups excluding carboxylic acids is 1. The fourth-order valence-corrected chi connectivity index (χ4v) is 4.87. The topological polar surface area (TPSA) is 93.2 Å². The van der Waals surface area contributed by atoms with Crippen LogP contribution in [-0.2, 0) is 17.9 Å². The lowest BCUT2D eigenvalue weighted by atomic mass is 10.0. The second kappa shape index (κ2) is 8.02. The number of aromatic nitrogens is 4.